The van der Waals surface area contributed by atoms with Crippen LogP contribution in [0.15, 0.2) is 0 Å². The van der Waals surface area contributed by atoms with Crippen molar-refractivity contribution in [1.29, 1.82) is 5.41 Å². The van der Waals surface area contributed by atoms with Gasteiger partial charge in [0.1, 0.15) is 25.4 Å². The van der Waals surface area contributed by atoms with Gasteiger partial charge in [0.2, 0.25) is 0 Å². The van der Waals surface area contributed by atoms with Crippen LogP contribution >= 0.6 is 0 Å². The molecule has 0 radical (unpaired) electrons. The van der Waals surface area contributed by atoms with Gasteiger partial charge in [0, 0.05) is 0 Å². The van der Waals surface area contributed by atoms with Crippen molar-refractivity contribution in [2.75, 3.05) is 26.4 Å². The van der Waals surface area contributed by atoms with E-state index < -0.39 is 0 Å². The van der Waals surface area contributed by atoms with Crippen molar-refractivity contribution in [3.05, 3.63) is 0 Å². The Labute approximate surface area is 70.1 Å². The summed E-state index contributed by atoms with van der Waals surface area (Å²) < 4.78 is 19.6. The van der Waals surface area contributed by atoms with Gasteiger partial charge < -0.3 is 18.9 Å². The van der Waals surface area contributed by atoms with Crippen LogP contribution in [0.1, 0.15) is 0 Å². The predicted octanol–water partition coefficient (Wildman–Crippen LogP) is -0.248. The number of ether oxygens (including phenoxy) is 4. The minimum Gasteiger partial charge on any atom is -0.448 e. The van der Waals surface area contributed by atoms with Gasteiger partial charge in [-0.05, 0) is 0 Å². The smallest absolute Gasteiger partial charge is 0.380 e. The van der Waals surface area contributed by atoms with Gasteiger partial charge in [-0.1, -0.05) is 0 Å². The lowest BCUT2D eigenvalue weighted by molar-refractivity contribution is 0.138. The van der Waals surface area contributed by atoms with Gasteiger partial charge in [-0.2, -0.15) is 0 Å². The summed E-state index contributed by atoms with van der Waals surface area (Å²) >= 11 is 0. The van der Waals surface area contributed by atoms with Crippen molar-refractivity contribution in [3.63, 3.8) is 0 Å². The van der Waals surface area contributed by atoms with E-state index in [9.17, 15) is 0 Å². The molecule has 0 aromatic carbocycles. The third kappa shape index (κ3) is 2.67. The fourth-order valence-corrected chi connectivity index (χ4v) is 0.707. The summed E-state index contributed by atoms with van der Waals surface area (Å²) in [6.07, 6.45) is 0.207. The van der Waals surface area contributed by atoms with E-state index in [2.05, 4.69) is 0 Å². The number of hydrogen-bond acceptors (Lipinski definition) is 5. The summed E-state index contributed by atoms with van der Waals surface area (Å²) in [6, 6.07) is 0. The summed E-state index contributed by atoms with van der Waals surface area (Å²) in [5.74, 6) is 0. The maximum absolute atomic E-state index is 7.18. The summed E-state index contributed by atoms with van der Waals surface area (Å²) in [5.41, 5.74) is 0. The lowest BCUT2D eigenvalue weighted by Gasteiger charge is -2.05. The lowest BCUT2D eigenvalue weighted by Crippen LogP contribution is -2.15. The van der Waals surface area contributed by atoms with Crippen molar-refractivity contribution in [3.8, 4) is 0 Å². The first-order chi connectivity index (χ1) is 5.84. The largest absolute Gasteiger partial charge is 0.448 e. The van der Waals surface area contributed by atoms with E-state index in [1.165, 1.54) is 0 Å². The SMILES string of the molecule is N=C(OCC1CO1)OCC1CO1. The van der Waals surface area contributed by atoms with Crippen molar-refractivity contribution in [2.45, 2.75) is 12.2 Å². The minimum absolute atomic E-state index is 0.138. The zero-order valence-electron chi connectivity index (χ0n) is 6.62. The van der Waals surface area contributed by atoms with Gasteiger partial charge in [-0.3, -0.25) is 0 Å². The number of epoxide rings is 2. The molecule has 0 bridgehead atoms. The van der Waals surface area contributed by atoms with Crippen LogP contribution < -0.4 is 0 Å². The molecule has 0 aromatic heterocycles. The highest BCUT2D eigenvalue weighted by atomic mass is 16.7. The highest BCUT2D eigenvalue weighted by Crippen LogP contribution is 2.10. The average Bonchev–Trinajstić information content (AvgIpc) is 2.89. The summed E-state index contributed by atoms with van der Waals surface area (Å²) in [7, 11) is 0. The second-order valence-electron chi connectivity index (χ2n) is 2.82. The summed E-state index contributed by atoms with van der Waals surface area (Å²) in [6.45, 7) is 2.31. The molecule has 0 amide bonds. The van der Waals surface area contributed by atoms with Crippen LogP contribution in [0.4, 0.5) is 0 Å². The molecule has 2 fully saturated rings. The molecule has 2 aliphatic heterocycles. The molecule has 5 heteroatoms. The predicted molar refractivity (Wildman–Crippen MR) is 39.1 cm³/mol. The molecule has 2 rings (SSSR count). The molecule has 0 saturated carbocycles. The van der Waals surface area contributed by atoms with Crippen molar-refractivity contribution < 1.29 is 18.9 Å². The molecule has 2 saturated heterocycles. The Balaban J connectivity index is 1.50. The number of nitrogens with one attached hydrogen (secondary N) is 1. The van der Waals surface area contributed by atoms with Crippen molar-refractivity contribution in [2.24, 2.45) is 0 Å². The molecule has 0 aromatic rings. The fraction of sp³-hybridized carbons (Fsp3) is 0.857. The molecule has 0 aliphatic carbocycles. The maximum atomic E-state index is 7.18. The summed E-state index contributed by atoms with van der Waals surface area (Å²) in [4.78, 5) is 0. The van der Waals surface area contributed by atoms with E-state index in [4.69, 9.17) is 24.4 Å². The van der Waals surface area contributed by atoms with Crippen LogP contribution in [0.2, 0.25) is 0 Å². The van der Waals surface area contributed by atoms with Gasteiger partial charge >= 0.3 is 6.08 Å². The zero-order valence-corrected chi connectivity index (χ0v) is 6.62. The van der Waals surface area contributed by atoms with Crippen LogP contribution in [0, 0.1) is 5.41 Å². The Morgan fingerprint density at radius 3 is 1.92 bits per heavy atom. The third-order valence-electron chi connectivity index (χ3n) is 1.61. The molecular formula is C7H11NO4. The van der Waals surface area contributed by atoms with Gasteiger partial charge in [0.25, 0.3) is 0 Å². The first kappa shape index (κ1) is 7.82. The van der Waals surface area contributed by atoms with Gasteiger partial charge in [0.05, 0.1) is 13.2 Å². The van der Waals surface area contributed by atoms with Crippen LogP contribution in [0.3, 0.4) is 0 Å². The van der Waals surface area contributed by atoms with Crippen LogP contribution in [0.25, 0.3) is 0 Å². The second kappa shape index (κ2) is 3.28. The van der Waals surface area contributed by atoms with Crippen molar-refractivity contribution in [1.82, 2.24) is 0 Å². The van der Waals surface area contributed by atoms with Gasteiger partial charge in [-0.25, -0.2) is 5.41 Å². The fourth-order valence-electron chi connectivity index (χ4n) is 0.707. The molecule has 1 N–H and O–H groups in total. The number of rotatable bonds is 4. The Kier molecular flexibility index (Phi) is 2.14. The van der Waals surface area contributed by atoms with Crippen molar-refractivity contribution >= 4 is 6.08 Å². The van der Waals surface area contributed by atoms with Crippen LogP contribution in [-0.4, -0.2) is 44.7 Å². The molecule has 12 heavy (non-hydrogen) atoms. The Morgan fingerprint density at radius 2 is 1.58 bits per heavy atom. The second-order valence-corrected chi connectivity index (χ2v) is 2.82. The standard InChI is InChI=1S/C7H11NO4/c8-7(11-3-5-1-9-5)12-4-6-2-10-6/h5-6,8H,1-4H2. The van der Waals surface area contributed by atoms with E-state index in [1.807, 2.05) is 0 Å². The monoisotopic (exact) mass is 173 g/mol. The molecule has 2 aliphatic rings. The quantitative estimate of drug-likeness (QED) is 0.361. The summed E-state index contributed by atoms with van der Waals surface area (Å²) in [5, 5.41) is 7.18. The Hall–Kier alpha value is -0.810. The van der Waals surface area contributed by atoms with Crippen LogP contribution in [-0.2, 0) is 18.9 Å². The number of hydrogen-bond donors (Lipinski definition) is 1. The highest BCUT2D eigenvalue weighted by molar-refractivity contribution is 5.62. The van der Waals surface area contributed by atoms with E-state index in [-0.39, 0.29) is 18.3 Å². The molecule has 0 spiro atoms. The molecular weight excluding hydrogens is 162 g/mol. The minimum atomic E-state index is -0.138. The van der Waals surface area contributed by atoms with E-state index in [0.29, 0.717) is 13.2 Å². The maximum Gasteiger partial charge on any atom is 0.380 e. The Morgan fingerprint density at radius 1 is 1.17 bits per heavy atom. The third-order valence-corrected chi connectivity index (χ3v) is 1.61. The molecule has 68 valence electrons. The van der Waals surface area contributed by atoms with Gasteiger partial charge in [0.15, 0.2) is 0 Å². The highest BCUT2D eigenvalue weighted by Gasteiger charge is 2.26. The van der Waals surface area contributed by atoms with E-state index >= 15 is 0 Å². The first-order valence-corrected chi connectivity index (χ1v) is 3.92. The molecule has 2 unspecified atom stereocenters. The average molecular weight is 173 g/mol. The molecule has 2 heterocycles. The normalized spacial score (nSPS) is 31.0. The Bertz CT molecular complexity index is 158. The molecule has 5 nitrogen and oxygen atoms in total. The van der Waals surface area contributed by atoms with Crippen LogP contribution in [0.5, 0.6) is 0 Å². The van der Waals surface area contributed by atoms with E-state index in [0.717, 1.165) is 13.2 Å². The van der Waals surface area contributed by atoms with Gasteiger partial charge in [-0.15, -0.1) is 0 Å². The zero-order chi connectivity index (χ0) is 8.39. The lowest BCUT2D eigenvalue weighted by atomic mass is 10.5. The topological polar surface area (TPSA) is 67.4 Å². The first-order valence-electron chi connectivity index (χ1n) is 3.92. The van der Waals surface area contributed by atoms with E-state index in [1.54, 1.807) is 0 Å². The molecule has 2 atom stereocenters.